The number of anilines is 1. The van der Waals surface area contributed by atoms with E-state index in [1.54, 1.807) is 18.3 Å². The lowest BCUT2D eigenvalue weighted by atomic mass is 10.2. The number of hydrogen-bond donors (Lipinski definition) is 2. The van der Waals surface area contributed by atoms with Gasteiger partial charge >= 0.3 is 5.97 Å². The van der Waals surface area contributed by atoms with Crippen LogP contribution in [0.25, 0.3) is 0 Å². The van der Waals surface area contributed by atoms with Crippen LogP contribution in [-0.2, 0) is 0 Å². The van der Waals surface area contributed by atoms with Crippen molar-refractivity contribution in [1.82, 2.24) is 0 Å². The maximum atomic E-state index is 10.8. The summed E-state index contributed by atoms with van der Waals surface area (Å²) >= 11 is 0. The third-order valence-electron chi connectivity index (χ3n) is 3.45. The molecule has 0 amide bonds. The molecule has 0 aliphatic carbocycles. The third-order valence-corrected chi connectivity index (χ3v) is 3.45. The van der Waals surface area contributed by atoms with Crippen LogP contribution in [-0.4, -0.2) is 23.9 Å². The van der Waals surface area contributed by atoms with Crippen LogP contribution in [0.5, 0.6) is 5.75 Å². The Balaban J connectivity index is 1.94. The predicted octanol–water partition coefficient (Wildman–Crippen LogP) is 4.40. The van der Waals surface area contributed by atoms with E-state index in [0.717, 1.165) is 36.3 Å². The molecular weight excluding hydrogens is 304 g/mol. The lowest BCUT2D eigenvalue weighted by Crippen LogP contribution is -2.00. The molecule has 24 heavy (non-hydrogen) atoms. The van der Waals surface area contributed by atoms with Crippen molar-refractivity contribution >= 4 is 17.9 Å². The number of carboxylic acid groups (broad SMARTS) is 1. The van der Waals surface area contributed by atoms with Crippen LogP contribution in [0.2, 0.25) is 0 Å². The van der Waals surface area contributed by atoms with E-state index in [4.69, 9.17) is 9.84 Å². The Morgan fingerprint density at radius 3 is 2.62 bits per heavy atom. The van der Waals surface area contributed by atoms with Crippen LogP contribution in [0, 0.1) is 0 Å². The van der Waals surface area contributed by atoms with Gasteiger partial charge in [-0.2, -0.15) is 5.10 Å². The first-order valence-electron chi connectivity index (χ1n) is 8.05. The fraction of sp³-hybridized carbons (Fsp3) is 0.263. The molecule has 0 atom stereocenters. The summed E-state index contributed by atoms with van der Waals surface area (Å²) in [6.45, 7) is 2.86. The van der Waals surface area contributed by atoms with Crippen molar-refractivity contribution in [3.63, 3.8) is 0 Å². The first-order valence-corrected chi connectivity index (χ1v) is 8.05. The van der Waals surface area contributed by atoms with E-state index < -0.39 is 5.97 Å². The smallest absolute Gasteiger partial charge is 0.335 e. The van der Waals surface area contributed by atoms with Gasteiger partial charge < -0.3 is 9.84 Å². The molecule has 0 radical (unpaired) electrons. The van der Waals surface area contributed by atoms with Crippen molar-refractivity contribution < 1.29 is 14.6 Å². The number of benzene rings is 2. The maximum absolute atomic E-state index is 10.8. The van der Waals surface area contributed by atoms with Gasteiger partial charge in [0.1, 0.15) is 5.75 Å². The van der Waals surface area contributed by atoms with E-state index in [2.05, 4.69) is 17.5 Å². The molecule has 5 heteroatoms. The molecule has 126 valence electrons. The van der Waals surface area contributed by atoms with E-state index in [9.17, 15) is 4.79 Å². The highest BCUT2D eigenvalue weighted by Crippen LogP contribution is 2.17. The highest BCUT2D eigenvalue weighted by molar-refractivity contribution is 5.88. The SMILES string of the molecule is CCCCCOc1ccccc1/C=N/Nc1ccc(C(=O)O)cc1. The topological polar surface area (TPSA) is 70.9 Å². The van der Waals surface area contributed by atoms with Gasteiger partial charge in [-0.25, -0.2) is 4.79 Å². The summed E-state index contributed by atoms with van der Waals surface area (Å²) in [5.41, 5.74) is 4.74. The number of para-hydroxylation sites is 1. The van der Waals surface area contributed by atoms with Gasteiger partial charge in [-0.1, -0.05) is 31.9 Å². The Bertz CT molecular complexity index is 681. The maximum Gasteiger partial charge on any atom is 0.335 e. The number of nitrogens with one attached hydrogen (secondary N) is 1. The second kappa shape index (κ2) is 9.35. The number of carboxylic acids is 1. The lowest BCUT2D eigenvalue weighted by molar-refractivity contribution is 0.0697. The average Bonchev–Trinajstić information content (AvgIpc) is 2.60. The number of aromatic carboxylic acids is 1. The molecule has 0 unspecified atom stereocenters. The number of hydrogen-bond acceptors (Lipinski definition) is 4. The standard InChI is InChI=1S/C19H22N2O3/c1-2-3-6-13-24-18-8-5-4-7-16(18)14-20-21-17-11-9-15(10-12-17)19(22)23/h4-5,7-12,14,21H,2-3,6,13H2,1H3,(H,22,23)/b20-14+. The summed E-state index contributed by atoms with van der Waals surface area (Å²) in [5, 5.41) is 13.1. The summed E-state index contributed by atoms with van der Waals surface area (Å²) in [6, 6.07) is 14.1. The van der Waals surface area contributed by atoms with Crippen molar-refractivity contribution in [2.24, 2.45) is 5.10 Å². The quantitative estimate of drug-likeness (QED) is 0.407. The van der Waals surface area contributed by atoms with E-state index in [1.807, 2.05) is 24.3 Å². The van der Waals surface area contributed by atoms with Gasteiger partial charge in [0, 0.05) is 5.56 Å². The Morgan fingerprint density at radius 2 is 1.92 bits per heavy atom. The number of rotatable bonds is 9. The third kappa shape index (κ3) is 5.43. The van der Waals surface area contributed by atoms with Crippen molar-refractivity contribution in [1.29, 1.82) is 0 Å². The zero-order valence-electron chi connectivity index (χ0n) is 13.7. The lowest BCUT2D eigenvalue weighted by Gasteiger charge is -2.08. The van der Waals surface area contributed by atoms with Crippen molar-refractivity contribution in [2.75, 3.05) is 12.0 Å². The Morgan fingerprint density at radius 1 is 1.17 bits per heavy atom. The van der Waals surface area contributed by atoms with E-state index in [1.165, 1.54) is 12.1 Å². The summed E-state index contributed by atoms with van der Waals surface area (Å²) in [6.07, 6.45) is 5.05. The minimum absolute atomic E-state index is 0.246. The Hall–Kier alpha value is -2.82. The van der Waals surface area contributed by atoms with Gasteiger partial charge in [-0.05, 0) is 42.8 Å². The van der Waals surface area contributed by atoms with Gasteiger partial charge in [0.05, 0.1) is 24.1 Å². The zero-order chi connectivity index (χ0) is 17.2. The molecule has 0 saturated heterocycles. The Labute approximate surface area is 142 Å². The summed E-state index contributed by atoms with van der Waals surface area (Å²) in [7, 11) is 0. The number of carbonyl (C=O) groups is 1. The van der Waals surface area contributed by atoms with Gasteiger partial charge in [0.2, 0.25) is 0 Å². The molecule has 0 aliphatic heterocycles. The van der Waals surface area contributed by atoms with Crippen LogP contribution >= 0.6 is 0 Å². The molecule has 0 aliphatic rings. The van der Waals surface area contributed by atoms with Gasteiger partial charge in [0.25, 0.3) is 0 Å². The highest BCUT2D eigenvalue weighted by Gasteiger charge is 2.02. The van der Waals surface area contributed by atoms with Crippen molar-refractivity contribution in [3.8, 4) is 5.75 Å². The summed E-state index contributed by atoms with van der Waals surface area (Å²) in [4.78, 5) is 10.8. The van der Waals surface area contributed by atoms with E-state index in [0.29, 0.717) is 6.61 Å². The monoisotopic (exact) mass is 326 g/mol. The minimum atomic E-state index is -0.945. The average molecular weight is 326 g/mol. The van der Waals surface area contributed by atoms with Gasteiger partial charge in [0.15, 0.2) is 0 Å². The van der Waals surface area contributed by atoms with Crippen molar-refractivity contribution in [3.05, 3.63) is 59.7 Å². The molecule has 0 bridgehead atoms. The minimum Gasteiger partial charge on any atom is -0.493 e. The Kier molecular flexibility index (Phi) is 6.83. The van der Waals surface area contributed by atoms with E-state index >= 15 is 0 Å². The van der Waals surface area contributed by atoms with Crippen LogP contribution < -0.4 is 10.2 Å². The molecule has 2 N–H and O–H groups in total. The molecule has 0 aromatic heterocycles. The second-order valence-electron chi connectivity index (χ2n) is 5.35. The predicted molar refractivity (Wildman–Crippen MR) is 96.1 cm³/mol. The summed E-state index contributed by atoms with van der Waals surface area (Å²) < 4.78 is 5.80. The molecule has 2 aromatic rings. The molecule has 0 saturated carbocycles. The van der Waals surface area contributed by atoms with Crippen LogP contribution in [0.4, 0.5) is 5.69 Å². The number of hydrazone groups is 1. The van der Waals surface area contributed by atoms with Gasteiger partial charge in [-0.3, -0.25) is 5.43 Å². The molecule has 2 rings (SSSR count). The zero-order valence-corrected chi connectivity index (χ0v) is 13.7. The number of ether oxygens (including phenoxy) is 1. The molecule has 5 nitrogen and oxygen atoms in total. The fourth-order valence-corrected chi connectivity index (χ4v) is 2.12. The van der Waals surface area contributed by atoms with Crippen molar-refractivity contribution in [2.45, 2.75) is 26.2 Å². The van der Waals surface area contributed by atoms with Crippen LogP contribution in [0.1, 0.15) is 42.1 Å². The molecule has 0 heterocycles. The molecule has 0 spiro atoms. The van der Waals surface area contributed by atoms with Crippen LogP contribution in [0.15, 0.2) is 53.6 Å². The number of nitrogens with zero attached hydrogens (tertiary/aromatic N) is 1. The highest BCUT2D eigenvalue weighted by atomic mass is 16.5. The normalized spacial score (nSPS) is 10.7. The fourth-order valence-electron chi connectivity index (χ4n) is 2.12. The number of unbranched alkanes of at least 4 members (excludes halogenated alkanes) is 2. The van der Waals surface area contributed by atoms with Crippen LogP contribution in [0.3, 0.4) is 0 Å². The largest absolute Gasteiger partial charge is 0.493 e. The first-order chi connectivity index (χ1) is 11.7. The molecular formula is C19H22N2O3. The van der Waals surface area contributed by atoms with Gasteiger partial charge in [-0.15, -0.1) is 0 Å². The first kappa shape index (κ1) is 17.5. The van der Waals surface area contributed by atoms with E-state index in [-0.39, 0.29) is 5.56 Å². The summed E-state index contributed by atoms with van der Waals surface area (Å²) in [5.74, 6) is -0.139. The molecule has 0 fully saturated rings. The molecule has 2 aromatic carbocycles. The second-order valence-corrected chi connectivity index (χ2v) is 5.35.